The highest BCUT2D eigenvalue weighted by atomic mass is 16.5. The molecule has 0 radical (unpaired) electrons. The Hall–Kier alpha value is -2.41. The molecule has 3 rings (SSSR count). The predicted octanol–water partition coefficient (Wildman–Crippen LogP) is 2.42. The van der Waals surface area contributed by atoms with Crippen LogP contribution >= 0.6 is 0 Å². The highest BCUT2D eigenvalue weighted by molar-refractivity contribution is 6.05. The molecule has 0 spiro atoms. The van der Waals surface area contributed by atoms with Crippen molar-refractivity contribution in [1.29, 1.82) is 0 Å². The van der Waals surface area contributed by atoms with E-state index in [0.29, 0.717) is 36.5 Å². The van der Waals surface area contributed by atoms with Gasteiger partial charge in [0.25, 0.3) is 5.91 Å². The van der Waals surface area contributed by atoms with E-state index in [9.17, 15) is 14.4 Å². The van der Waals surface area contributed by atoms with Gasteiger partial charge in [0.2, 0.25) is 5.91 Å². The molecule has 3 atom stereocenters. The Balaban J connectivity index is 1.86. The maximum Gasteiger partial charge on any atom is 0.268 e. The third-order valence-corrected chi connectivity index (χ3v) is 5.03. The summed E-state index contributed by atoms with van der Waals surface area (Å²) < 4.78 is 11.4. The first-order valence-corrected chi connectivity index (χ1v) is 9.88. The van der Waals surface area contributed by atoms with E-state index in [4.69, 9.17) is 9.47 Å². The Bertz CT molecular complexity index is 768. The normalized spacial score (nSPS) is 24.6. The van der Waals surface area contributed by atoms with Crippen LogP contribution in [0.25, 0.3) is 0 Å². The molecule has 7 nitrogen and oxygen atoms in total. The largest absolute Gasteiger partial charge is 0.479 e. The van der Waals surface area contributed by atoms with Gasteiger partial charge in [0.1, 0.15) is 12.3 Å². The lowest BCUT2D eigenvalue weighted by Crippen LogP contribution is -2.54. The monoisotopic (exact) mass is 388 g/mol. The van der Waals surface area contributed by atoms with Crippen LogP contribution in [0.5, 0.6) is 5.75 Å². The molecule has 0 N–H and O–H groups in total. The number of amides is 2. The van der Waals surface area contributed by atoms with Crippen LogP contribution < -0.4 is 9.64 Å². The third-order valence-electron chi connectivity index (χ3n) is 5.03. The van der Waals surface area contributed by atoms with Crippen LogP contribution in [0.2, 0.25) is 0 Å². The van der Waals surface area contributed by atoms with Crippen LogP contribution in [0.3, 0.4) is 0 Å². The minimum Gasteiger partial charge on any atom is -0.479 e. The average Bonchev–Trinajstić information content (AvgIpc) is 2.64. The van der Waals surface area contributed by atoms with Gasteiger partial charge in [-0.15, -0.1) is 0 Å². The zero-order chi connectivity index (χ0) is 20.4. The maximum absolute atomic E-state index is 12.9. The van der Waals surface area contributed by atoms with Crippen molar-refractivity contribution in [2.45, 2.75) is 58.8 Å². The van der Waals surface area contributed by atoms with E-state index < -0.39 is 6.10 Å². The maximum atomic E-state index is 12.9. The highest BCUT2D eigenvalue weighted by Gasteiger charge is 2.35. The molecule has 2 amide bonds. The van der Waals surface area contributed by atoms with Crippen molar-refractivity contribution < 1.29 is 23.9 Å². The fourth-order valence-corrected chi connectivity index (χ4v) is 3.73. The van der Waals surface area contributed by atoms with Crippen molar-refractivity contribution in [3.05, 3.63) is 23.8 Å². The van der Waals surface area contributed by atoms with Crippen molar-refractivity contribution >= 4 is 23.3 Å². The Morgan fingerprint density at radius 2 is 1.82 bits per heavy atom. The first-order valence-electron chi connectivity index (χ1n) is 9.88. The first kappa shape index (κ1) is 20.3. The van der Waals surface area contributed by atoms with Crippen LogP contribution in [-0.4, -0.2) is 60.4 Å². The molecule has 0 aliphatic carbocycles. The number of nitrogens with zero attached hydrogens (tertiary/aromatic N) is 2. The summed E-state index contributed by atoms with van der Waals surface area (Å²) in [4.78, 5) is 41.1. The summed E-state index contributed by atoms with van der Waals surface area (Å²) in [7, 11) is 0. The minimum absolute atomic E-state index is 0.0125. The second kappa shape index (κ2) is 8.31. The zero-order valence-electron chi connectivity index (χ0n) is 16.9. The number of carbonyl (C=O) groups is 3. The minimum atomic E-state index is -0.681. The van der Waals surface area contributed by atoms with Gasteiger partial charge in [0.05, 0.1) is 17.9 Å². The van der Waals surface area contributed by atoms with Crippen LogP contribution in [0.15, 0.2) is 18.2 Å². The number of hydrogen-bond donors (Lipinski definition) is 0. The molecule has 0 aromatic heterocycles. The summed E-state index contributed by atoms with van der Waals surface area (Å²) >= 11 is 0. The summed E-state index contributed by atoms with van der Waals surface area (Å²) in [6.45, 7) is 8.39. The summed E-state index contributed by atoms with van der Waals surface area (Å²) in [6, 6.07) is 5.08. The molecule has 1 aromatic rings. The van der Waals surface area contributed by atoms with Gasteiger partial charge >= 0.3 is 0 Å². The second-order valence-electron chi connectivity index (χ2n) is 7.60. The average molecular weight is 388 g/mol. The van der Waals surface area contributed by atoms with Gasteiger partial charge in [-0.05, 0) is 45.4 Å². The first-order chi connectivity index (χ1) is 13.3. The van der Waals surface area contributed by atoms with Crippen molar-refractivity contribution in [3.63, 3.8) is 0 Å². The zero-order valence-corrected chi connectivity index (χ0v) is 16.9. The lowest BCUT2D eigenvalue weighted by atomic mass is 10.0. The van der Waals surface area contributed by atoms with Gasteiger partial charge in [-0.3, -0.25) is 19.3 Å². The van der Waals surface area contributed by atoms with Crippen molar-refractivity contribution in [2.75, 3.05) is 24.5 Å². The van der Waals surface area contributed by atoms with Crippen molar-refractivity contribution in [1.82, 2.24) is 4.90 Å². The van der Waals surface area contributed by atoms with Gasteiger partial charge in [-0.2, -0.15) is 0 Å². The van der Waals surface area contributed by atoms with Gasteiger partial charge < -0.3 is 14.4 Å². The number of fused-ring (bicyclic) bond motifs is 1. The summed E-state index contributed by atoms with van der Waals surface area (Å²) in [6.07, 6.45) is 0.417. The third kappa shape index (κ3) is 4.19. The quantitative estimate of drug-likeness (QED) is 0.724. The number of morpholine rings is 1. The number of Topliss-reactive ketones (excluding diaryl/α,β-unsaturated/α-hetero) is 1. The molecule has 3 unspecified atom stereocenters. The van der Waals surface area contributed by atoms with E-state index in [1.807, 2.05) is 20.8 Å². The lowest BCUT2D eigenvalue weighted by molar-refractivity contribution is -0.143. The van der Waals surface area contributed by atoms with E-state index in [1.54, 1.807) is 30.0 Å². The summed E-state index contributed by atoms with van der Waals surface area (Å²) in [5, 5.41) is 0. The molecule has 152 valence electrons. The predicted molar refractivity (Wildman–Crippen MR) is 105 cm³/mol. The lowest BCUT2D eigenvalue weighted by Gasteiger charge is -2.38. The summed E-state index contributed by atoms with van der Waals surface area (Å²) in [5.74, 6) is 0.103. The Morgan fingerprint density at radius 3 is 2.46 bits per heavy atom. The second-order valence-corrected chi connectivity index (χ2v) is 7.60. The van der Waals surface area contributed by atoms with E-state index in [-0.39, 0.29) is 36.4 Å². The van der Waals surface area contributed by atoms with Gasteiger partial charge in [0, 0.05) is 25.1 Å². The number of ketones is 1. The standard InChI is InChI=1S/C21H28N2O5/c1-5-6-18(24)16-7-8-19-17(9-16)23(21(26)15(4)28-19)12-20(25)22-10-13(2)27-14(3)11-22/h7-9,13-15H,5-6,10-12H2,1-4H3. The van der Waals surface area contributed by atoms with Crippen LogP contribution in [0.1, 0.15) is 50.9 Å². The molecule has 2 heterocycles. The Morgan fingerprint density at radius 1 is 1.14 bits per heavy atom. The number of rotatable bonds is 5. The molecule has 7 heteroatoms. The number of ether oxygens (including phenoxy) is 2. The molecule has 2 aliphatic heterocycles. The number of anilines is 1. The van der Waals surface area contributed by atoms with Crippen LogP contribution in [-0.2, 0) is 14.3 Å². The molecule has 1 fully saturated rings. The molecule has 0 saturated carbocycles. The Kier molecular flexibility index (Phi) is 6.03. The molecule has 0 bridgehead atoms. The van der Waals surface area contributed by atoms with E-state index >= 15 is 0 Å². The van der Waals surface area contributed by atoms with E-state index in [0.717, 1.165) is 6.42 Å². The molecule has 1 saturated heterocycles. The number of hydrogen-bond acceptors (Lipinski definition) is 5. The van der Waals surface area contributed by atoms with Crippen molar-refractivity contribution in [2.24, 2.45) is 0 Å². The molecular formula is C21H28N2O5. The van der Waals surface area contributed by atoms with E-state index in [1.165, 1.54) is 4.90 Å². The number of benzene rings is 1. The smallest absolute Gasteiger partial charge is 0.268 e. The fourth-order valence-electron chi connectivity index (χ4n) is 3.73. The topological polar surface area (TPSA) is 76.2 Å². The fraction of sp³-hybridized carbons (Fsp3) is 0.571. The molecular weight excluding hydrogens is 360 g/mol. The molecule has 28 heavy (non-hydrogen) atoms. The molecule has 2 aliphatic rings. The van der Waals surface area contributed by atoms with Crippen molar-refractivity contribution in [3.8, 4) is 5.75 Å². The van der Waals surface area contributed by atoms with Crippen LogP contribution in [0.4, 0.5) is 5.69 Å². The van der Waals surface area contributed by atoms with Crippen LogP contribution in [0, 0.1) is 0 Å². The van der Waals surface area contributed by atoms with Gasteiger partial charge in [-0.25, -0.2) is 0 Å². The Labute approximate surface area is 165 Å². The van der Waals surface area contributed by atoms with Gasteiger partial charge in [0.15, 0.2) is 11.9 Å². The SMILES string of the molecule is CCCC(=O)c1ccc2c(c1)N(CC(=O)N1CC(C)OC(C)C1)C(=O)C(C)O2. The van der Waals surface area contributed by atoms with E-state index in [2.05, 4.69) is 0 Å². The van der Waals surface area contributed by atoms with Gasteiger partial charge in [-0.1, -0.05) is 6.92 Å². The highest BCUT2D eigenvalue weighted by Crippen LogP contribution is 2.35. The molecule has 1 aromatic carbocycles. The summed E-state index contributed by atoms with van der Waals surface area (Å²) in [5.41, 5.74) is 1.00. The number of carbonyl (C=O) groups excluding carboxylic acids is 3.